The lowest BCUT2D eigenvalue weighted by molar-refractivity contribution is 0.564. The molecule has 0 aliphatic rings. The largest absolute Gasteiger partial charge is 0.240 e. The highest BCUT2D eigenvalue weighted by Gasteiger charge is 2.17. The molecule has 0 spiro atoms. The second-order valence-corrected chi connectivity index (χ2v) is 11.2. The Morgan fingerprint density at radius 3 is 1.37 bits per heavy atom. The summed E-state index contributed by atoms with van der Waals surface area (Å²) in [5.74, 6) is 0. The van der Waals surface area contributed by atoms with Crippen molar-refractivity contribution in [2.24, 2.45) is 9.98 Å². The lowest BCUT2D eigenvalue weighted by atomic mass is 9.93. The number of benzene rings is 6. The average Bonchev–Trinajstić information content (AvgIpc) is 3.05. The molecule has 0 heterocycles. The Kier molecular flexibility index (Phi) is 8.13. The summed E-state index contributed by atoms with van der Waals surface area (Å²) in [5, 5.41) is 4.09. The van der Waals surface area contributed by atoms with E-state index >= 15 is 0 Å². The van der Waals surface area contributed by atoms with Crippen LogP contribution >= 0.6 is 11.8 Å². The molecule has 6 aromatic rings. The first-order chi connectivity index (χ1) is 21.2. The topological polar surface area (TPSA) is 58.9 Å². The number of aryl methyl sites for hydroxylation is 2. The van der Waals surface area contributed by atoms with E-state index in [0.717, 1.165) is 77.6 Å². The first kappa shape index (κ1) is 28.1. The van der Waals surface area contributed by atoms with E-state index < -0.39 is 0 Å². The van der Waals surface area contributed by atoms with E-state index in [9.17, 15) is 9.59 Å². The normalized spacial score (nSPS) is 10.8. The molecular weight excluding hydrogens is 548 g/mol. The summed E-state index contributed by atoms with van der Waals surface area (Å²) in [7, 11) is 0. The maximum atomic E-state index is 11.2. The molecule has 0 bridgehead atoms. The molecule has 0 saturated carbocycles. The zero-order chi connectivity index (χ0) is 29.8. The van der Waals surface area contributed by atoms with Crippen LogP contribution in [0.3, 0.4) is 0 Å². The fraction of sp³-hybridized carbons (Fsp3) is 0.105. The molecule has 0 unspecified atom stereocenters. The summed E-state index contributed by atoms with van der Waals surface area (Å²) in [4.78, 5) is 32.8. The van der Waals surface area contributed by atoms with Gasteiger partial charge in [0.15, 0.2) is 0 Å². The van der Waals surface area contributed by atoms with Crippen molar-refractivity contribution in [3.63, 3.8) is 0 Å². The number of hydrogen-bond acceptors (Lipinski definition) is 5. The highest BCUT2D eigenvalue weighted by molar-refractivity contribution is 7.99. The Morgan fingerprint density at radius 2 is 0.953 bits per heavy atom. The third-order valence-electron chi connectivity index (χ3n) is 7.88. The molecular formula is C38H28N2O2S. The molecule has 0 fully saturated rings. The van der Waals surface area contributed by atoms with Gasteiger partial charge >= 0.3 is 0 Å². The third-order valence-corrected chi connectivity index (χ3v) is 9.03. The van der Waals surface area contributed by atoms with Gasteiger partial charge in [0.1, 0.15) is 0 Å². The molecule has 6 rings (SSSR count). The van der Waals surface area contributed by atoms with Gasteiger partial charge in [-0.2, -0.15) is 9.98 Å². The SMILES string of the molecule is CCc1cccc2c(-c3ccccc3Sc3ccccc3-c3ccc(N=C=O)c4c(CC)cccc34)ccc(N=C=O)c12. The molecule has 0 amide bonds. The van der Waals surface area contributed by atoms with Gasteiger partial charge in [0.25, 0.3) is 0 Å². The van der Waals surface area contributed by atoms with E-state index in [2.05, 4.69) is 121 Å². The molecule has 208 valence electrons. The van der Waals surface area contributed by atoms with Gasteiger partial charge in [0, 0.05) is 20.6 Å². The first-order valence-corrected chi connectivity index (χ1v) is 15.1. The maximum Gasteiger partial charge on any atom is 0.240 e. The van der Waals surface area contributed by atoms with Crippen LogP contribution in [0.25, 0.3) is 43.8 Å². The van der Waals surface area contributed by atoms with Crippen LogP contribution in [0.2, 0.25) is 0 Å². The smallest absolute Gasteiger partial charge is 0.211 e. The summed E-state index contributed by atoms with van der Waals surface area (Å²) >= 11 is 1.72. The van der Waals surface area contributed by atoms with Crippen molar-refractivity contribution in [1.29, 1.82) is 0 Å². The summed E-state index contributed by atoms with van der Waals surface area (Å²) < 4.78 is 0. The van der Waals surface area contributed by atoms with Crippen LogP contribution in [0.1, 0.15) is 25.0 Å². The molecule has 0 aliphatic carbocycles. The van der Waals surface area contributed by atoms with Gasteiger partial charge in [-0.25, -0.2) is 9.59 Å². The zero-order valence-electron chi connectivity index (χ0n) is 23.9. The lowest BCUT2D eigenvalue weighted by Gasteiger charge is -2.17. The molecule has 0 aliphatic heterocycles. The molecule has 0 N–H and O–H groups in total. The molecule has 6 aromatic carbocycles. The van der Waals surface area contributed by atoms with Crippen LogP contribution in [0.4, 0.5) is 11.4 Å². The predicted octanol–water partition coefficient (Wildman–Crippen LogP) is 10.5. The van der Waals surface area contributed by atoms with Crippen molar-refractivity contribution in [2.75, 3.05) is 0 Å². The number of hydrogen-bond donors (Lipinski definition) is 0. The minimum Gasteiger partial charge on any atom is -0.211 e. The van der Waals surface area contributed by atoms with Crippen molar-refractivity contribution >= 4 is 56.8 Å². The number of nitrogens with zero attached hydrogens (tertiary/aromatic N) is 2. The molecule has 5 heteroatoms. The molecule has 0 saturated heterocycles. The van der Waals surface area contributed by atoms with Crippen LogP contribution < -0.4 is 0 Å². The average molecular weight is 577 g/mol. The van der Waals surface area contributed by atoms with E-state index in [-0.39, 0.29) is 0 Å². The summed E-state index contributed by atoms with van der Waals surface area (Å²) in [5.41, 5.74) is 7.96. The summed E-state index contributed by atoms with van der Waals surface area (Å²) in [6.07, 6.45) is 5.12. The van der Waals surface area contributed by atoms with E-state index in [0.29, 0.717) is 11.4 Å². The van der Waals surface area contributed by atoms with Crippen molar-refractivity contribution in [2.45, 2.75) is 36.5 Å². The van der Waals surface area contributed by atoms with E-state index in [1.807, 2.05) is 12.1 Å². The third kappa shape index (κ3) is 5.22. The maximum absolute atomic E-state index is 11.2. The second kappa shape index (κ2) is 12.4. The molecule has 0 atom stereocenters. The van der Waals surface area contributed by atoms with Crippen LogP contribution in [0, 0.1) is 0 Å². The highest BCUT2D eigenvalue weighted by atomic mass is 32.2. The van der Waals surface area contributed by atoms with Crippen molar-refractivity contribution < 1.29 is 9.59 Å². The Morgan fingerprint density at radius 1 is 0.512 bits per heavy atom. The van der Waals surface area contributed by atoms with Crippen molar-refractivity contribution in [3.05, 3.63) is 120 Å². The number of aliphatic imine (C=N–C) groups is 2. The van der Waals surface area contributed by atoms with Gasteiger partial charge in [-0.05, 0) is 81.3 Å². The Hall–Kier alpha value is -5.05. The molecule has 0 aromatic heterocycles. The highest BCUT2D eigenvalue weighted by Crippen LogP contribution is 2.45. The van der Waals surface area contributed by atoms with Gasteiger partial charge in [-0.1, -0.05) is 111 Å². The number of rotatable bonds is 8. The van der Waals surface area contributed by atoms with Crippen LogP contribution in [-0.2, 0) is 22.4 Å². The first-order valence-electron chi connectivity index (χ1n) is 14.3. The molecule has 0 radical (unpaired) electrons. The van der Waals surface area contributed by atoms with Gasteiger partial charge in [0.2, 0.25) is 12.2 Å². The zero-order valence-corrected chi connectivity index (χ0v) is 24.7. The van der Waals surface area contributed by atoms with Gasteiger partial charge < -0.3 is 0 Å². The summed E-state index contributed by atoms with van der Waals surface area (Å²) in [6.45, 7) is 4.23. The van der Waals surface area contributed by atoms with Crippen molar-refractivity contribution in [1.82, 2.24) is 0 Å². The predicted molar refractivity (Wildman–Crippen MR) is 177 cm³/mol. The quantitative estimate of drug-likeness (QED) is 0.134. The number of carbonyl (C=O) groups excluding carboxylic acids is 2. The lowest BCUT2D eigenvalue weighted by Crippen LogP contribution is -1.91. The Bertz CT molecular complexity index is 1950. The standard InChI is InChI=1S/C38H28N2O2S/c1-3-25-11-9-15-31-27(19-21-33(37(25)31)39-23-41)29-13-5-7-17-35(29)43-36-18-8-6-14-30(36)28-20-22-34(40-24-42)38-26(4-2)12-10-16-32(28)38/h5-22H,3-4H2,1-2H3. The van der Waals surface area contributed by atoms with Crippen LogP contribution in [0.5, 0.6) is 0 Å². The Balaban J connectivity index is 1.52. The fourth-order valence-electron chi connectivity index (χ4n) is 5.94. The second-order valence-electron chi connectivity index (χ2n) is 10.2. The van der Waals surface area contributed by atoms with E-state index in [4.69, 9.17) is 0 Å². The number of fused-ring (bicyclic) bond motifs is 2. The Labute approximate surface area is 254 Å². The summed E-state index contributed by atoms with van der Waals surface area (Å²) in [6, 6.07) is 37.3. The minimum atomic E-state index is 0.641. The van der Waals surface area contributed by atoms with Gasteiger partial charge in [0.05, 0.1) is 11.4 Å². The molecule has 43 heavy (non-hydrogen) atoms. The van der Waals surface area contributed by atoms with E-state index in [1.54, 1.807) is 23.9 Å². The van der Waals surface area contributed by atoms with Crippen molar-refractivity contribution in [3.8, 4) is 22.3 Å². The molecule has 4 nitrogen and oxygen atoms in total. The van der Waals surface area contributed by atoms with E-state index in [1.165, 1.54) is 0 Å². The van der Waals surface area contributed by atoms with Gasteiger partial charge in [-0.3, -0.25) is 0 Å². The van der Waals surface area contributed by atoms with Crippen LogP contribution in [0.15, 0.2) is 129 Å². The van der Waals surface area contributed by atoms with Gasteiger partial charge in [-0.15, -0.1) is 0 Å². The monoisotopic (exact) mass is 576 g/mol. The van der Waals surface area contributed by atoms with Crippen LogP contribution in [-0.4, -0.2) is 12.2 Å². The fourth-order valence-corrected chi connectivity index (χ4v) is 7.05. The minimum absolute atomic E-state index is 0.641. The number of isocyanates is 2.